The Kier molecular flexibility index (Phi) is 7.41. The summed E-state index contributed by atoms with van der Waals surface area (Å²) in [5, 5.41) is 2.79. The Bertz CT molecular complexity index is 835. The number of nitrogens with one attached hydrogen (secondary N) is 1. The van der Waals surface area contributed by atoms with Gasteiger partial charge in [-0.3, -0.25) is 4.79 Å². The van der Waals surface area contributed by atoms with Crippen LogP contribution in [0.15, 0.2) is 59.1 Å². The number of hydrogen-bond acceptors (Lipinski definition) is 3. The molecule has 4 nitrogen and oxygen atoms in total. The summed E-state index contributed by atoms with van der Waals surface area (Å²) >= 11 is 3.32. The summed E-state index contributed by atoms with van der Waals surface area (Å²) in [6, 6.07) is 17.0. The minimum absolute atomic E-state index is 0.146. The second kappa shape index (κ2) is 9.33. The molecule has 0 heterocycles. The number of amides is 1. The third-order valence-electron chi connectivity index (χ3n) is 4.18. The van der Waals surface area contributed by atoms with Gasteiger partial charge in [0.1, 0.15) is 5.75 Å². The lowest BCUT2D eigenvalue weighted by molar-refractivity contribution is -0.118. The molecule has 0 aliphatic rings. The molecule has 1 atom stereocenters. The summed E-state index contributed by atoms with van der Waals surface area (Å²) in [6.45, 7) is 4.61. The third-order valence-corrected chi connectivity index (χ3v) is 6.15. The van der Waals surface area contributed by atoms with E-state index in [0.29, 0.717) is 18.0 Å². The maximum absolute atomic E-state index is 12.3. The second-order valence-electron chi connectivity index (χ2n) is 6.73. The fraction of sp³-hybridized carbons (Fsp3) is 0.350. The number of carbonyl (C=O) groups is 1. The summed E-state index contributed by atoms with van der Waals surface area (Å²) in [5.74, 6) is -0.629. The molecule has 0 saturated carbocycles. The smallest absolute Gasteiger partial charge is 0.235 e. The van der Waals surface area contributed by atoms with Crippen LogP contribution in [0, 0.1) is 5.92 Å². The largest absolute Gasteiger partial charge is 0.355 e. The Hall–Kier alpha value is -1.66. The van der Waals surface area contributed by atoms with Gasteiger partial charge in [-0.05, 0) is 29.2 Å². The quantitative estimate of drug-likeness (QED) is 0.680. The van der Waals surface area contributed by atoms with Crippen molar-refractivity contribution in [2.45, 2.75) is 25.5 Å². The van der Waals surface area contributed by atoms with Crippen LogP contribution in [0.1, 0.15) is 30.9 Å². The number of hydrogen-bond donors (Lipinski definition) is 1. The summed E-state index contributed by atoms with van der Waals surface area (Å²) < 4.78 is 25.4. The summed E-state index contributed by atoms with van der Waals surface area (Å²) in [4.78, 5) is 12.2. The van der Waals surface area contributed by atoms with E-state index in [9.17, 15) is 13.2 Å². The van der Waals surface area contributed by atoms with Crippen LogP contribution in [0.25, 0.3) is 0 Å². The van der Waals surface area contributed by atoms with Crippen molar-refractivity contribution < 1.29 is 13.2 Å². The molecule has 0 aliphatic carbocycles. The molecule has 0 fully saturated rings. The van der Waals surface area contributed by atoms with Gasteiger partial charge in [-0.15, -0.1) is 0 Å². The van der Waals surface area contributed by atoms with Crippen molar-refractivity contribution >= 4 is 31.7 Å². The van der Waals surface area contributed by atoms with Gasteiger partial charge in [0.25, 0.3) is 0 Å². The zero-order valence-corrected chi connectivity index (χ0v) is 17.4. The van der Waals surface area contributed by atoms with Gasteiger partial charge < -0.3 is 5.32 Å². The molecule has 0 radical (unpaired) electrons. The zero-order valence-electron chi connectivity index (χ0n) is 15.0. The van der Waals surface area contributed by atoms with E-state index in [1.807, 2.05) is 36.4 Å². The average Bonchev–Trinajstić information content (AvgIpc) is 2.54. The van der Waals surface area contributed by atoms with Gasteiger partial charge in [0, 0.05) is 16.9 Å². The lowest BCUT2D eigenvalue weighted by Gasteiger charge is -2.22. The van der Waals surface area contributed by atoms with E-state index in [1.165, 1.54) is 0 Å². The van der Waals surface area contributed by atoms with Crippen molar-refractivity contribution in [3.8, 4) is 0 Å². The maximum Gasteiger partial charge on any atom is 0.235 e. The van der Waals surface area contributed by atoms with Crippen LogP contribution < -0.4 is 5.32 Å². The normalized spacial score (nSPS) is 12.8. The fourth-order valence-corrected chi connectivity index (χ4v) is 4.58. The Morgan fingerprint density at radius 3 is 2.38 bits per heavy atom. The Morgan fingerprint density at radius 2 is 1.77 bits per heavy atom. The van der Waals surface area contributed by atoms with Gasteiger partial charge in [0.2, 0.25) is 5.91 Å². The SMILES string of the molecule is CC(C)C(CNC(=O)CS(=O)(=O)Cc1cccc(Br)c1)c1ccccc1. The van der Waals surface area contributed by atoms with E-state index in [-0.39, 0.29) is 11.7 Å². The molecule has 1 unspecified atom stereocenters. The van der Waals surface area contributed by atoms with Crippen LogP contribution >= 0.6 is 15.9 Å². The van der Waals surface area contributed by atoms with Crippen molar-refractivity contribution in [2.24, 2.45) is 5.92 Å². The van der Waals surface area contributed by atoms with E-state index in [1.54, 1.807) is 18.2 Å². The van der Waals surface area contributed by atoms with Crippen LogP contribution in [-0.4, -0.2) is 26.6 Å². The molecule has 140 valence electrons. The van der Waals surface area contributed by atoms with Crippen molar-refractivity contribution in [3.63, 3.8) is 0 Å². The fourth-order valence-electron chi connectivity index (χ4n) is 2.84. The first-order valence-electron chi connectivity index (χ1n) is 8.53. The standard InChI is InChI=1S/C20H24BrNO3S/c1-15(2)19(17-8-4-3-5-9-17)12-22-20(23)14-26(24,25)13-16-7-6-10-18(21)11-16/h3-11,15,19H,12-14H2,1-2H3,(H,22,23). The van der Waals surface area contributed by atoms with Crippen molar-refractivity contribution in [1.29, 1.82) is 0 Å². The first-order valence-corrected chi connectivity index (χ1v) is 11.1. The summed E-state index contributed by atoms with van der Waals surface area (Å²) in [6.07, 6.45) is 0. The van der Waals surface area contributed by atoms with E-state index in [4.69, 9.17) is 0 Å². The molecule has 6 heteroatoms. The van der Waals surface area contributed by atoms with Crippen LogP contribution in [0.4, 0.5) is 0 Å². The van der Waals surface area contributed by atoms with Gasteiger partial charge in [-0.2, -0.15) is 0 Å². The average molecular weight is 438 g/mol. The van der Waals surface area contributed by atoms with Crippen molar-refractivity contribution in [1.82, 2.24) is 5.32 Å². The highest BCUT2D eigenvalue weighted by molar-refractivity contribution is 9.10. The molecule has 0 bridgehead atoms. The number of carbonyl (C=O) groups excluding carboxylic acids is 1. The molecule has 0 aromatic heterocycles. The van der Waals surface area contributed by atoms with Crippen molar-refractivity contribution in [3.05, 3.63) is 70.2 Å². The lowest BCUT2D eigenvalue weighted by atomic mass is 9.88. The molecule has 0 aliphatic heterocycles. The number of sulfone groups is 1. The van der Waals surface area contributed by atoms with Crippen LogP contribution in [-0.2, 0) is 20.4 Å². The number of halogens is 1. The molecule has 26 heavy (non-hydrogen) atoms. The molecule has 0 saturated heterocycles. The lowest BCUT2D eigenvalue weighted by Crippen LogP contribution is -2.35. The highest BCUT2D eigenvalue weighted by Gasteiger charge is 2.20. The maximum atomic E-state index is 12.3. The topological polar surface area (TPSA) is 63.2 Å². The molecule has 1 amide bonds. The Labute approximate surface area is 164 Å². The van der Waals surface area contributed by atoms with Gasteiger partial charge in [0.05, 0.1) is 5.75 Å². The predicted octanol–water partition coefficient (Wildman–Crippen LogP) is 3.92. The van der Waals surface area contributed by atoms with Gasteiger partial charge in [-0.25, -0.2) is 8.42 Å². The van der Waals surface area contributed by atoms with Crippen LogP contribution in [0.3, 0.4) is 0 Å². The van der Waals surface area contributed by atoms with Gasteiger partial charge in [0.15, 0.2) is 9.84 Å². The second-order valence-corrected chi connectivity index (χ2v) is 9.71. The molecule has 2 aromatic carbocycles. The van der Waals surface area contributed by atoms with Gasteiger partial charge in [-0.1, -0.05) is 72.2 Å². The Morgan fingerprint density at radius 1 is 1.08 bits per heavy atom. The molecule has 2 aromatic rings. The Balaban J connectivity index is 1.94. The predicted molar refractivity (Wildman–Crippen MR) is 109 cm³/mol. The molecule has 1 N–H and O–H groups in total. The summed E-state index contributed by atoms with van der Waals surface area (Å²) in [7, 11) is -3.52. The van der Waals surface area contributed by atoms with Crippen LogP contribution in [0.2, 0.25) is 0 Å². The molecule has 2 rings (SSSR count). The monoisotopic (exact) mass is 437 g/mol. The highest BCUT2D eigenvalue weighted by atomic mass is 79.9. The van der Waals surface area contributed by atoms with E-state index in [2.05, 4.69) is 35.1 Å². The number of rotatable bonds is 8. The molecular weight excluding hydrogens is 414 g/mol. The number of benzene rings is 2. The van der Waals surface area contributed by atoms with E-state index >= 15 is 0 Å². The minimum Gasteiger partial charge on any atom is -0.355 e. The highest BCUT2D eigenvalue weighted by Crippen LogP contribution is 2.23. The van der Waals surface area contributed by atoms with Crippen molar-refractivity contribution in [2.75, 3.05) is 12.3 Å². The minimum atomic E-state index is -3.52. The zero-order chi connectivity index (χ0) is 19.2. The first-order chi connectivity index (χ1) is 12.3. The first kappa shape index (κ1) is 20.6. The van der Waals surface area contributed by atoms with Gasteiger partial charge >= 0.3 is 0 Å². The molecular formula is C20H24BrNO3S. The van der Waals surface area contributed by atoms with Crippen LogP contribution in [0.5, 0.6) is 0 Å². The van der Waals surface area contributed by atoms with E-state index in [0.717, 1.165) is 10.0 Å². The molecule has 0 spiro atoms. The van der Waals surface area contributed by atoms with E-state index < -0.39 is 21.5 Å². The summed E-state index contributed by atoms with van der Waals surface area (Å²) in [5.41, 5.74) is 1.80. The third kappa shape index (κ3) is 6.57.